The van der Waals surface area contributed by atoms with Crippen LogP contribution in [0.25, 0.3) is 0 Å². The molecule has 0 spiro atoms. The standard InChI is InChI=1S/C18H22N4O6/c1-27-16-7-13(28-19-16)2-5-17(23)20-8-11-6-12(10-20)14-3-4-15(22(25)26)18(24)21(14)9-11/h3-4,7,11-12,22,25H,2,5-6,8-10H2,1H3/t11-,12-/m1/s1. The molecule has 0 aromatic carbocycles. The molecule has 1 unspecified atom stereocenters. The molecule has 2 bridgehead atoms. The number of ether oxygens (including phenoxy) is 1. The summed E-state index contributed by atoms with van der Waals surface area (Å²) in [6, 6.07) is 4.75. The van der Waals surface area contributed by atoms with Gasteiger partial charge in [0, 0.05) is 56.2 Å². The molecule has 1 saturated heterocycles. The van der Waals surface area contributed by atoms with Gasteiger partial charge in [0.15, 0.2) is 0 Å². The fourth-order valence-electron chi connectivity index (χ4n) is 4.21. The number of nitrogens with one attached hydrogen (secondary N) is 1. The van der Waals surface area contributed by atoms with Gasteiger partial charge in [-0.05, 0) is 23.6 Å². The number of aryl methyl sites for hydroxylation is 1. The van der Waals surface area contributed by atoms with Gasteiger partial charge in [-0.25, -0.2) is 5.21 Å². The van der Waals surface area contributed by atoms with Crippen LogP contribution in [-0.2, 0) is 17.8 Å². The van der Waals surface area contributed by atoms with Crippen LogP contribution in [0.2, 0.25) is 0 Å². The molecule has 4 rings (SSSR count). The molecule has 0 radical (unpaired) electrons. The van der Waals surface area contributed by atoms with Gasteiger partial charge >= 0.3 is 5.56 Å². The minimum Gasteiger partial charge on any atom is -0.595 e. The molecule has 3 atom stereocenters. The summed E-state index contributed by atoms with van der Waals surface area (Å²) in [4.78, 5) is 27.0. The van der Waals surface area contributed by atoms with Crippen molar-refractivity contribution in [2.45, 2.75) is 31.7 Å². The van der Waals surface area contributed by atoms with E-state index in [9.17, 15) is 14.8 Å². The third-order valence-corrected chi connectivity index (χ3v) is 5.52. The number of carbonyl (C=O) groups is 1. The van der Waals surface area contributed by atoms with Gasteiger partial charge in [-0.2, -0.15) is 5.23 Å². The van der Waals surface area contributed by atoms with Crippen molar-refractivity contribution in [3.05, 3.63) is 45.2 Å². The van der Waals surface area contributed by atoms with Crippen LogP contribution in [0.3, 0.4) is 0 Å². The Morgan fingerprint density at radius 3 is 2.96 bits per heavy atom. The first-order valence-electron chi connectivity index (χ1n) is 9.20. The van der Waals surface area contributed by atoms with E-state index < -0.39 is 10.8 Å². The minimum absolute atomic E-state index is 0.0306. The van der Waals surface area contributed by atoms with E-state index in [1.54, 1.807) is 16.7 Å². The molecule has 150 valence electrons. The number of amides is 1. The van der Waals surface area contributed by atoms with Crippen LogP contribution in [0.4, 0.5) is 5.69 Å². The Morgan fingerprint density at radius 2 is 2.25 bits per heavy atom. The van der Waals surface area contributed by atoms with Crippen LogP contribution in [-0.4, -0.2) is 45.9 Å². The van der Waals surface area contributed by atoms with Gasteiger partial charge in [0.2, 0.25) is 11.6 Å². The SMILES string of the molecule is COc1cc(CCC(=O)N2C[C@H]3C[C@H](C2)c2ccc([NH+]([O-])O)c(=O)n2C3)on1. The Hall–Kier alpha value is -2.69. The molecule has 2 aliphatic rings. The molecule has 2 N–H and O–H groups in total. The number of rotatable bonds is 5. The number of likely N-dealkylation sites (tertiary alicyclic amines) is 1. The van der Waals surface area contributed by atoms with Gasteiger partial charge in [0.05, 0.1) is 7.11 Å². The van der Waals surface area contributed by atoms with Crippen LogP contribution >= 0.6 is 0 Å². The molecule has 1 fully saturated rings. The Bertz CT molecular complexity index is 936. The second-order valence-corrected chi connectivity index (χ2v) is 7.33. The molecule has 2 aromatic rings. The number of nitrogens with zero attached hydrogens (tertiary/aromatic N) is 3. The number of hydrogen-bond acceptors (Lipinski definition) is 7. The van der Waals surface area contributed by atoms with Gasteiger partial charge in [0.1, 0.15) is 5.76 Å². The molecule has 0 saturated carbocycles. The van der Waals surface area contributed by atoms with E-state index in [4.69, 9.17) is 14.5 Å². The average Bonchev–Trinajstić information content (AvgIpc) is 3.14. The lowest BCUT2D eigenvalue weighted by Gasteiger charge is -2.42. The number of fused-ring (bicyclic) bond motifs is 4. The lowest BCUT2D eigenvalue weighted by atomic mass is 9.83. The quantitative estimate of drug-likeness (QED) is 0.679. The number of hydrogen-bond donors (Lipinski definition) is 2. The summed E-state index contributed by atoms with van der Waals surface area (Å²) in [5, 5.41) is 22.9. The average molecular weight is 390 g/mol. The Labute approximate surface area is 160 Å². The third-order valence-electron chi connectivity index (χ3n) is 5.52. The molecule has 28 heavy (non-hydrogen) atoms. The van der Waals surface area contributed by atoms with Crippen molar-refractivity contribution in [1.82, 2.24) is 14.6 Å². The lowest BCUT2D eigenvalue weighted by molar-refractivity contribution is -0.992. The summed E-state index contributed by atoms with van der Waals surface area (Å²) in [6.45, 7) is 1.54. The van der Waals surface area contributed by atoms with Gasteiger partial charge < -0.3 is 23.9 Å². The predicted octanol–water partition coefficient (Wildman–Crippen LogP) is -0.173. The molecule has 0 aliphatic carbocycles. The molecule has 4 heterocycles. The van der Waals surface area contributed by atoms with Gasteiger partial charge in [-0.15, -0.1) is 0 Å². The van der Waals surface area contributed by atoms with Crippen LogP contribution in [0.1, 0.15) is 30.2 Å². The van der Waals surface area contributed by atoms with E-state index in [0.717, 1.165) is 12.1 Å². The van der Waals surface area contributed by atoms with E-state index in [1.807, 2.05) is 4.90 Å². The summed E-state index contributed by atoms with van der Waals surface area (Å²) in [6.07, 6.45) is 1.65. The zero-order chi connectivity index (χ0) is 19.8. The monoisotopic (exact) mass is 390 g/mol. The summed E-state index contributed by atoms with van der Waals surface area (Å²) >= 11 is 0. The maximum absolute atomic E-state index is 12.7. The van der Waals surface area contributed by atoms with E-state index in [-0.39, 0.29) is 23.4 Å². The van der Waals surface area contributed by atoms with Crippen molar-refractivity contribution in [3.8, 4) is 5.88 Å². The number of piperidine rings is 1. The van der Waals surface area contributed by atoms with Crippen molar-refractivity contribution in [2.75, 3.05) is 20.2 Å². The maximum atomic E-state index is 12.7. The van der Waals surface area contributed by atoms with Crippen LogP contribution in [0.15, 0.2) is 27.5 Å². The summed E-state index contributed by atoms with van der Waals surface area (Å²) < 4.78 is 11.7. The molecule has 1 amide bonds. The van der Waals surface area contributed by atoms with E-state index in [1.165, 1.54) is 13.2 Å². The number of carbonyl (C=O) groups excluding carboxylic acids is 1. The summed E-state index contributed by atoms with van der Waals surface area (Å²) in [7, 11) is 1.50. The third kappa shape index (κ3) is 3.41. The Kier molecular flexibility index (Phi) is 4.92. The largest absolute Gasteiger partial charge is 0.595 e. The topological polar surface area (TPSA) is 125 Å². The Morgan fingerprint density at radius 1 is 1.43 bits per heavy atom. The van der Waals surface area contributed by atoms with Gasteiger partial charge in [-0.3, -0.25) is 9.59 Å². The highest BCUT2D eigenvalue weighted by Crippen LogP contribution is 2.35. The summed E-state index contributed by atoms with van der Waals surface area (Å²) in [5.41, 5.74) is 0.140. The highest BCUT2D eigenvalue weighted by molar-refractivity contribution is 5.76. The van der Waals surface area contributed by atoms with E-state index in [2.05, 4.69) is 5.16 Å². The molecular formula is C18H22N4O6. The van der Waals surface area contributed by atoms with Crippen molar-refractivity contribution < 1.29 is 24.5 Å². The first-order valence-corrected chi connectivity index (χ1v) is 9.20. The first-order chi connectivity index (χ1) is 13.5. The van der Waals surface area contributed by atoms with Gasteiger partial charge in [-0.1, -0.05) is 0 Å². The fourth-order valence-corrected chi connectivity index (χ4v) is 4.21. The lowest BCUT2D eigenvalue weighted by Crippen LogP contribution is -3.00. The van der Waals surface area contributed by atoms with E-state index in [0.29, 0.717) is 44.1 Å². The number of quaternary nitrogens is 1. The molecular weight excluding hydrogens is 368 g/mol. The van der Waals surface area contributed by atoms with Crippen molar-refractivity contribution in [1.29, 1.82) is 0 Å². The first kappa shape index (κ1) is 18.7. The van der Waals surface area contributed by atoms with Crippen molar-refractivity contribution >= 4 is 11.6 Å². The van der Waals surface area contributed by atoms with Crippen LogP contribution in [0, 0.1) is 11.1 Å². The van der Waals surface area contributed by atoms with Crippen molar-refractivity contribution in [2.24, 2.45) is 5.92 Å². The zero-order valence-electron chi connectivity index (χ0n) is 15.5. The zero-order valence-corrected chi connectivity index (χ0v) is 15.5. The number of aromatic nitrogens is 2. The predicted molar refractivity (Wildman–Crippen MR) is 95.3 cm³/mol. The fraction of sp³-hybridized carbons (Fsp3) is 0.500. The molecule has 2 aromatic heterocycles. The smallest absolute Gasteiger partial charge is 0.315 e. The highest BCUT2D eigenvalue weighted by Gasteiger charge is 2.37. The number of methoxy groups -OCH3 is 1. The molecule has 10 nitrogen and oxygen atoms in total. The molecule has 10 heteroatoms. The maximum Gasteiger partial charge on any atom is 0.315 e. The molecule has 2 aliphatic heterocycles. The van der Waals surface area contributed by atoms with Crippen molar-refractivity contribution in [3.63, 3.8) is 0 Å². The second-order valence-electron chi connectivity index (χ2n) is 7.33. The van der Waals surface area contributed by atoms with Crippen LogP contribution < -0.4 is 15.5 Å². The van der Waals surface area contributed by atoms with Crippen LogP contribution in [0.5, 0.6) is 5.88 Å². The minimum atomic E-state index is -1.21. The normalized spacial score (nSPS) is 21.9. The highest BCUT2D eigenvalue weighted by atomic mass is 16.8. The number of pyridine rings is 1. The summed E-state index contributed by atoms with van der Waals surface area (Å²) in [5.74, 6) is 1.20. The van der Waals surface area contributed by atoms with E-state index >= 15 is 0 Å². The Balaban J connectivity index is 1.46. The van der Waals surface area contributed by atoms with Gasteiger partial charge in [0.25, 0.3) is 5.88 Å². The second kappa shape index (κ2) is 7.38.